The van der Waals surface area contributed by atoms with Crippen molar-refractivity contribution in [2.75, 3.05) is 6.54 Å². The number of thiophene rings is 1. The van der Waals surface area contributed by atoms with Gasteiger partial charge in [0.1, 0.15) is 6.17 Å². The molecule has 0 radical (unpaired) electrons. The number of carbonyl (C=O) groups is 1. The Hall–Kier alpha value is -0.870. The minimum atomic E-state index is -0.0525. The molecule has 0 saturated carbocycles. The van der Waals surface area contributed by atoms with Gasteiger partial charge in [-0.15, -0.1) is 11.3 Å². The molecule has 0 aliphatic carbocycles. The highest BCUT2D eigenvalue weighted by atomic mass is 32.1. The Labute approximate surface area is 113 Å². The van der Waals surface area contributed by atoms with E-state index in [0.29, 0.717) is 0 Å². The summed E-state index contributed by atoms with van der Waals surface area (Å²) in [5.74, 6) is 0.241. The Kier molecular flexibility index (Phi) is 4.78. The summed E-state index contributed by atoms with van der Waals surface area (Å²) in [5.41, 5.74) is 0. The molecule has 0 spiro atoms. The molecular weight excluding hydrogens is 244 g/mol. The summed E-state index contributed by atoms with van der Waals surface area (Å²) in [7, 11) is 0. The van der Waals surface area contributed by atoms with Crippen molar-refractivity contribution in [1.82, 2.24) is 10.2 Å². The Morgan fingerprint density at radius 2 is 2.22 bits per heavy atom. The molecule has 2 rings (SSSR count). The van der Waals surface area contributed by atoms with Gasteiger partial charge in [0.05, 0.1) is 6.04 Å². The molecule has 1 fully saturated rings. The summed E-state index contributed by atoms with van der Waals surface area (Å²) < 4.78 is 0. The molecule has 1 saturated heterocycles. The third-order valence-corrected chi connectivity index (χ3v) is 4.36. The topological polar surface area (TPSA) is 32.3 Å². The molecule has 2 heterocycles. The first-order valence-electron chi connectivity index (χ1n) is 6.84. The van der Waals surface area contributed by atoms with Crippen molar-refractivity contribution in [2.45, 2.75) is 51.7 Å². The van der Waals surface area contributed by atoms with Gasteiger partial charge in [-0.25, -0.2) is 0 Å². The van der Waals surface area contributed by atoms with Gasteiger partial charge >= 0.3 is 0 Å². The van der Waals surface area contributed by atoms with E-state index in [1.165, 1.54) is 24.1 Å². The number of unbranched alkanes of at least 4 members (excludes halogenated alkanes) is 3. The van der Waals surface area contributed by atoms with Crippen molar-refractivity contribution in [1.29, 1.82) is 0 Å². The number of nitrogens with zero attached hydrogens (tertiary/aromatic N) is 1. The zero-order valence-corrected chi connectivity index (χ0v) is 12.0. The van der Waals surface area contributed by atoms with E-state index >= 15 is 0 Å². The zero-order valence-electron chi connectivity index (χ0n) is 11.2. The molecular formula is C14H22N2OS. The van der Waals surface area contributed by atoms with E-state index in [-0.39, 0.29) is 18.1 Å². The van der Waals surface area contributed by atoms with Crippen LogP contribution >= 0.6 is 11.3 Å². The van der Waals surface area contributed by atoms with Crippen molar-refractivity contribution in [3.63, 3.8) is 0 Å². The van der Waals surface area contributed by atoms with Gasteiger partial charge in [0, 0.05) is 11.4 Å². The summed E-state index contributed by atoms with van der Waals surface area (Å²) in [5, 5.41) is 5.45. The fourth-order valence-corrected chi connectivity index (χ4v) is 3.20. The van der Waals surface area contributed by atoms with Crippen LogP contribution in [0.5, 0.6) is 0 Å². The van der Waals surface area contributed by atoms with Crippen molar-refractivity contribution in [3.05, 3.63) is 22.4 Å². The minimum absolute atomic E-state index is 0.0525. The molecule has 0 aromatic carbocycles. The van der Waals surface area contributed by atoms with Crippen LogP contribution in [0.4, 0.5) is 0 Å². The number of hydrogen-bond donors (Lipinski definition) is 1. The van der Waals surface area contributed by atoms with E-state index in [4.69, 9.17) is 0 Å². The average Bonchev–Trinajstić information content (AvgIpc) is 2.97. The van der Waals surface area contributed by atoms with Crippen molar-refractivity contribution in [2.24, 2.45) is 0 Å². The van der Waals surface area contributed by atoms with Crippen LogP contribution < -0.4 is 5.32 Å². The standard InChI is InChI=1S/C14H22N2OS/c1-3-4-5-6-9-16-13(12-8-7-10-18-12)15-11(2)14(16)17/h7-8,10-11,13,15H,3-6,9H2,1-2H3. The predicted molar refractivity (Wildman–Crippen MR) is 75.5 cm³/mol. The molecule has 18 heavy (non-hydrogen) atoms. The van der Waals surface area contributed by atoms with Crippen LogP contribution in [-0.2, 0) is 4.79 Å². The van der Waals surface area contributed by atoms with Crippen molar-refractivity contribution < 1.29 is 4.79 Å². The van der Waals surface area contributed by atoms with Crippen LogP contribution in [0.1, 0.15) is 50.6 Å². The largest absolute Gasteiger partial charge is 0.321 e. The Morgan fingerprint density at radius 3 is 2.89 bits per heavy atom. The first-order chi connectivity index (χ1) is 8.74. The lowest BCUT2D eigenvalue weighted by Crippen LogP contribution is -2.31. The third kappa shape index (κ3) is 2.93. The maximum absolute atomic E-state index is 12.1. The molecule has 1 aromatic rings. The Bertz CT molecular complexity index is 377. The van der Waals surface area contributed by atoms with E-state index in [9.17, 15) is 4.79 Å². The van der Waals surface area contributed by atoms with Gasteiger partial charge in [-0.3, -0.25) is 10.1 Å². The average molecular weight is 266 g/mol. The van der Waals surface area contributed by atoms with Gasteiger partial charge in [-0.05, 0) is 24.8 Å². The molecule has 1 aliphatic heterocycles. The van der Waals surface area contributed by atoms with Crippen LogP contribution in [-0.4, -0.2) is 23.4 Å². The number of rotatable bonds is 6. The van der Waals surface area contributed by atoms with Gasteiger partial charge < -0.3 is 4.90 Å². The van der Waals surface area contributed by atoms with E-state index in [1.54, 1.807) is 11.3 Å². The van der Waals surface area contributed by atoms with Gasteiger partial charge in [-0.1, -0.05) is 32.3 Å². The predicted octanol–water partition coefficient (Wildman–Crippen LogP) is 3.15. The molecule has 3 nitrogen and oxygen atoms in total. The molecule has 2 unspecified atom stereocenters. The lowest BCUT2D eigenvalue weighted by Gasteiger charge is -2.23. The van der Waals surface area contributed by atoms with Crippen molar-refractivity contribution in [3.8, 4) is 0 Å². The summed E-state index contributed by atoms with van der Waals surface area (Å²) in [6.45, 7) is 5.03. The molecule has 100 valence electrons. The van der Waals surface area contributed by atoms with Crippen LogP contribution in [0.25, 0.3) is 0 Å². The highest BCUT2D eigenvalue weighted by Crippen LogP contribution is 2.28. The van der Waals surface area contributed by atoms with Crippen LogP contribution in [0.3, 0.4) is 0 Å². The minimum Gasteiger partial charge on any atom is -0.321 e. The highest BCUT2D eigenvalue weighted by Gasteiger charge is 2.36. The summed E-state index contributed by atoms with van der Waals surface area (Å²) in [4.78, 5) is 15.4. The first kappa shape index (κ1) is 13.6. The maximum atomic E-state index is 12.1. The van der Waals surface area contributed by atoms with Gasteiger partial charge in [-0.2, -0.15) is 0 Å². The molecule has 1 aromatic heterocycles. The molecule has 1 aliphatic rings. The zero-order chi connectivity index (χ0) is 13.0. The molecule has 2 atom stereocenters. The second-order valence-electron chi connectivity index (χ2n) is 4.90. The SMILES string of the molecule is CCCCCCN1C(=O)C(C)NC1c1cccs1. The molecule has 1 amide bonds. The second kappa shape index (κ2) is 6.34. The smallest absolute Gasteiger partial charge is 0.241 e. The fraction of sp³-hybridized carbons (Fsp3) is 0.643. The molecule has 1 N–H and O–H groups in total. The fourth-order valence-electron chi connectivity index (χ4n) is 2.40. The second-order valence-corrected chi connectivity index (χ2v) is 5.88. The monoisotopic (exact) mass is 266 g/mol. The van der Waals surface area contributed by atoms with E-state index < -0.39 is 0 Å². The van der Waals surface area contributed by atoms with E-state index in [1.807, 2.05) is 17.9 Å². The highest BCUT2D eigenvalue weighted by molar-refractivity contribution is 7.10. The van der Waals surface area contributed by atoms with E-state index in [2.05, 4.69) is 23.7 Å². The van der Waals surface area contributed by atoms with Crippen LogP contribution in [0.2, 0.25) is 0 Å². The molecule has 0 bridgehead atoms. The number of nitrogens with one attached hydrogen (secondary N) is 1. The van der Waals surface area contributed by atoms with Crippen molar-refractivity contribution >= 4 is 17.2 Å². The molecule has 4 heteroatoms. The van der Waals surface area contributed by atoms with Gasteiger partial charge in [0.2, 0.25) is 5.91 Å². The quantitative estimate of drug-likeness (QED) is 0.802. The van der Waals surface area contributed by atoms with Crippen LogP contribution in [0.15, 0.2) is 17.5 Å². The lowest BCUT2D eigenvalue weighted by molar-refractivity contribution is -0.129. The first-order valence-corrected chi connectivity index (χ1v) is 7.72. The number of hydrogen-bond acceptors (Lipinski definition) is 3. The number of carbonyl (C=O) groups excluding carboxylic acids is 1. The Morgan fingerprint density at radius 1 is 1.39 bits per heavy atom. The van der Waals surface area contributed by atoms with Gasteiger partial charge in [0.15, 0.2) is 0 Å². The normalized spacial score (nSPS) is 23.9. The summed E-state index contributed by atoms with van der Waals surface area (Å²) in [6, 6.07) is 4.10. The Balaban J connectivity index is 1.97. The van der Waals surface area contributed by atoms with Crippen LogP contribution in [0, 0.1) is 0 Å². The maximum Gasteiger partial charge on any atom is 0.241 e. The third-order valence-electron chi connectivity index (χ3n) is 3.44. The summed E-state index contributed by atoms with van der Waals surface area (Å²) >= 11 is 1.72. The lowest BCUT2D eigenvalue weighted by atomic mass is 10.2. The van der Waals surface area contributed by atoms with Gasteiger partial charge in [0.25, 0.3) is 0 Å². The number of amides is 1. The van der Waals surface area contributed by atoms with E-state index in [0.717, 1.165) is 13.0 Å². The summed E-state index contributed by atoms with van der Waals surface area (Å²) in [6.07, 6.45) is 4.90.